The van der Waals surface area contributed by atoms with Crippen LogP contribution in [-0.4, -0.2) is 5.78 Å². The predicted octanol–water partition coefficient (Wildman–Crippen LogP) is 3.74. The molecule has 1 aromatic carbocycles. The second kappa shape index (κ2) is 5.32. The van der Waals surface area contributed by atoms with Gasteiger partial charge in [-0.1, -0.05) is 37.6 Å². The van der Waals surface area contributed by atoms with Crippen LogP contribution in [0.3, 0.4) is 0 Å². The van der Waals surface area contributed by atoms with Gasteiger partial charge in [0.1, 0.15) is 5.78 Å². The Morgan fingerprint density at radius 2 is 2.07 bits per heavy atom. The van der Waals surface area contributed by atoms with Crippen molar-refractivity contribution in [3.63, 3.8) is 0 Å². The van der Waals surface area contributed by atoms with Crippen LogP contribution in [0.2, 0.25) is 5.02 Å². The summed E-state index contributed by atoms with van der Waals surface area (Å²) >= 11 is 5.90. The van der Waals surface area contributed by atoms with Gasteiger partial charge >= 0.3 is 0 Å². The van der Waals surface area contributed by atoms with Crippen molar-refractivity contribution < 1.29 is 4.79 Å². The van der Waals surface area contributed by atoms with Crippen LogP contribution >= 0.6 is 11.6 Å². The Morgan fingerprint density at radius 3 is 2.53 bits per heavy atom. The van der Waals surface area contributed by atoms with Gasteiger partial charge in [0.25, 0.3) is 0 Å². The minimum atomic E-state index is 0.100. The summed E-state index contributed by atoms with van der Waals surface area (Å²) in [4.78, 5) is 11.4. The molecule has 0 spiro atoms. The van der Waals surface area contributed by atoms with Gasteiger partial charge in [-0.25, -0.2) is 0 Å². The first-order chi connectivity index (χ1) is 7.00. The fourth-order valence-electron chi connectivity index (χ4n) is 1.77. The molecule has 1 unspecified atom stereocenters. The largest absolute Gasteiger partial charge is 0.300 e. The molecule has 0 aromatic heterocycles. The zero-order valence-electron chi connectivity index (χ0n) is 9.46. The van der Waals surface area contributed by atoms with E-state index in [4.69, 9.17) is 11.6 Å². The highest BCUT2D eigenvalue weighted by Crippen LogP contribution is 2.20. The van der Waals surface area contributed by atoms with Gasteiger partial charge in [-0.2, -0.15) is 0 Å². The minimum Gasteiger partial charge on any atom is -0.300 e. The fraction of sp³-hybridized carbons (Fsp3) is 0.462. The third-order valence-electron chi connectivity index (χ3n) is 2.67. The summed E-state index contributed by atoms with van der Waals surface area (Å²) < 4.78 is 0. The molecule has 0 saturated carbocycles. The average molecular weight is 225 g/mol. The van der Waals surface area contributed by atoms with Crippen LogP contribution in [0.15, 0.2) is 24.3 Å². The molecule has 0 saturated heterocycles. The number of carbonyl (C=O) groups is 1. The summed E-state index contributed by atoms with van der Waals surface area (Å²) in [6.45, 7) is 5.82. The molecule has 0 aliphatic carbocycles. The highest BCUT2D eigenvalue weighted by molar-refractivity contribution is 6.30. The summed E-state index contributed by atoms with van der Waals surface area (Å²) in [5.74, 6) is 0.731. The van der Waals surface area contributed by atoms with Crippen molar-refractivity contribution in [1.82, 2.24) is 0 Å². The lowest BCUT2D eigenvalue weighted by atomic mass is 9.86. The van der Waals surface area contributed by atoms with Crippen LogP contribution in [0, 0.1) is 11.8 Å². The molecular formula is C13H17ClO. The summed E-state index contributed by atoms with van der Waals surface area (Å²) in [6, 6.07) is 7.72. The Balaban J connectivity index is 2.79. The van der Waals surface area contributed by atoms with Crippen molar-refractivity contribution in [1.29, 1.82) is 0 Å². The molecule has 0 N–H and O–H groups in total. The molecule has 1 nitrogen and oxygen atoms in total. The van der Waals surface area contributed by atoms with E-state index in [2.05, 4.69) is 13.8 Å². The van der Waals surface area contributed by atoms with Gasteiger partial charge in [0, 0.05) is 10.9 Å². The quantitative estimate of drug-likeness (QED) is 0.762. The van der Waals surface area contributed by atoms with Gasteiger partial charge in [0.05, 0.1) is 0 Å². The van der Waals surface area contributed by atoms with Gasteiger partial charge in [0.15, 0.2) is 0 Å². The molecule has 1 rings (SSSR count). The molecule has 1 aromatic rings. The lowest BCUT2D eigenvalue weighted by Gasteiger charge is -2.17. The fourth-order valence-corrected chi connectivity index (χ4v) is 1.98. The number of benzene rings is 1. The maximum absolute atomic E-state index is 11.4. The third-order valence-corrected chi connectivity index (χ3v) is 2.91. The van der Waals surface area contributed by atoms with Crippen molar-refractivity contribution in [3.8, 4) is 0 Å². The zero-order chi connectivity index (χ0) is 11.4. The molecule has 0 bridgehead atoms. The number of rotatable bonds is 4. The van der Waals surface area contributed by atoms with E-state index in [1.807, 2.05) is 24.3 Å². The summed E-state index contributed by atoms with van der Waals surface area (Å²) in [5.41, 5.74) is 1.14. The van der Waals surface area contributed by atoms with E-state index in [0.717, 1.165) is 17.0 Å². The number of hydrogen-bond donors (Lipinski definition) is 0. The Kier molecular flexibility index (Phi) is 4.34. The first-order valence-electron chi connectivity index (χ1n) is 5.25. The van der Waals surface area contributed by atoms with Crippen LogP contribution in [-0.2, 0) is 11.2 Å². The summed E-state index contributed by atoms with van der Waals surface area (Å²) in [6.07, 6.45) is 0.785. The molecule has 0 aliphatic rings. The van der Waals surface area contributed by atoms with Crippen LogP contribution in [0.25, 0.3) is 0 Å². The van der Waals surface area contributed by atoms with Crippen LogP contribution in [0.5, 0.6) is 0 Å². The third kappa shape index (κ3) is 3.67. The monoisotopic (exact) mass is 224 g/mol. The molecule has 0 amide bonds. The van der Waals surface area contributed by atoms with Gasteiger partial charge < -0.3 is 0 Å². The van der Waals surface area contributed by atoms with E-state index in [9.17, 15) is 4.79 Å². The summed E-state index contributed by atoms with van der Waals surface area (Å²) in [7, 11) is 0. The molecule has 15 heavy (non-hydrogen) atoms. The van der Waals surface area contributed by atoms with E-state index in [-0.39, 0.29) is 11.7 Å². The lowest BCUT2D eigenvalue weighted by molar-refractivity contribution is -0.121. The highest BCUT2D eigenvalue weighted by Gasteiger charge is 2.18. The molecule has 0 aliphatic heterocycles. The van der Waals surface area contributed by atoms with Gasteiger partial charge in [-0.15, -0.1) is 0 Å². The minimum absolute atomic E-state index is 0.100. The molecule has 0 radical (unpaired) electrons. The number of ketones is 1. The normalized spacial score (nSPS) is 12.9. The Morgan fingerprint density at radius 1 is 1.40 bits per heavy atom. The van der Waals surface area contributed by atoms with Crippen molar-refractivity contribution in [3.05, 3.63) is 34.9 Å². The Labute approximate surface area is 96.5 Å². The standard InChI is InChI=1S/C13H17ClO/c1-9(2)13(10(3)15)8-11-5-4-6-12(14)7-11/h4-7,9,13H,8H2,1-3H3. The first-order valence-corrected chi connectivity index (χ1v) is 5.63. The smallest absolute Gasteiger partial charge is 0.133 e. The maximum atomic E-state index is 11.4. The van der Waals surface area contributed by atoms with Crippen molar-refractivity contribution >= 4 is 17.4 Å². The van der Waals surface area contributed by atoms with Crippen LogP contribution in [0.4, 0.5) is 0 Å². The van der Waals surface area contributed by atoms with Gasteiger partial charge in [-0.05, 0) is 37.0 Å². The number of hydrogen-bond acceptors (Lipinski definition) is 1. The van der Waals surface area contributed by atoms with E-state index >= 15 is 0 Å². The second-order valence-electron chi connectivity index (χ2n) is 4.30. The SMILES string of the molecule is CC(=O)C(Cc1cccc(Cl)c1)C(C)C. The molecule has 0 heterocycles. The van der Waals surface area contributed by atoms with E-state index < -0.39 is 0 Å². The molecule has 82 valence electrons. The Hall–Kier alpha value is -0.820. The van der Waals surface area contributed by atoms with E-state index in [1.54, 1.807) is 6.92 Å². The topological polar surface area (TPSA) is 17.1 Å². The van der Waals surface area contributed by atoms with Crippen molar-refractivity contribution in [2.24, 2.45) is 11.8 Å². The van der Waals surface area contributed by atoms with Crippen molar-refractivity contribution in [2.75, 3.05) is 0 Å². The number of carbonyl (C=O) groups excluding carboxylic acids is 1. The first kappa shape index (κ1) is 12.3. The maximum Gasteiger partial charge on any atom is 0.133 e. The Bertz CT molecular complexity index is 344. The van der Waals surface area contributed by atoms with Gasteiger partial charge in [0.2, 0.25) is 0 Å². The highest BCUT2D eigenvalue weighted by atomic mass is 35.5. The molecule has 0 fully saturated rings. The summed E-state index contributed by atoms with van der Waals surface area (Å²) in [5, 5.41) is 0.735. The molecule has 1 atom stereocenters. The van der Waals surface area contributed by atoms with Crippen LogP contribution < -0.4 is 0 Å². The lowest BCUT2D eigenvalue weighted by Crippen LogP contribution is -2.20. The van der Waals surface area contributed by atoms with E-state index in [1.165, 1.54) is 0 Å². The predicted molar refractivity (Wildman–Crippen MR) is 64.2 cm³/mol. The van der Waals surface area contributed by atoms with Crippen molar-refractivity contribution in [2.45, 2.75) is 27.2 Å². The molecular weight excluding hydrogens is 208 g/mol. The number of halogens is 1. The molecule has 2 heteroatoms. The zero-order valence-corrected chi connectivity index (χ0v) is 10.2. The van der Waals surface area contributed by atoms with Crippen LogP contribution in [0.1, 0.15) is 26.3 Å². The second-order valence-corrected chi connectivity index (χ2v) is 4.73. The number of Topliss-reactive ketones (excluding diaryl/α,β-unsaturated/α-hetero) is 1. The van der Waals surface area contributed by atoms with E-state index in [0.29, 0.717) is 5.92 Å². The van der Waals surface area contributed by atoms with Gasteiger partial charge in [-0.3, -0.25) is 4.79 Å². The average Bonchev–Trinajstić information content (AvgIpc) is 2.13.